The van der Waals surface area contributed by atoms with Crippen LogP contribution in [0, 0.1) is 0 Å². The molecule has 0 aliphatic heterocycles. The second-order valence-corrected chi connectivity index (χ2v) is 5.75. The van der Waals surface area contributed by atoms with Crippen molar-refractivity contribution in [1.29, 1.82) is 0 Å². The van der Waals surface area contributed by atoms with E-state index >= 15 is 0 Å². The van der Waals surface area contributed by atoms with Crippen molar-refractivity contribution in [3.63, 3.8) is 0 Å². The van der Waals surface area contributed by atoms with Crippen molar-refractivity contribution in [2.45, 2.75) is 47.0 Å². The number of esters is 2. The van der Waals surface area contributed by atoms with Gasteiger partial charge in [0, 0.05) is 30.2 Å². The van der Waals surface area contributed by atoms with Crippen molar-refractivity contribution in [1.82, 2.24) is 0 Å². The van der Waals surface area contributed by atoms with Crippen LogP contribution in [0.25, 0.3) is 10.8 Å². The number of hydrogen-bond acceptors (Lipinski definition) is 5. The molecule has 134 valence electrons. The standard InChI is InChI=1S/C20H24O5/c1-5-7-12-23-19-15(6-2)18(24-13(3)21)16-10-8-9-11-17(16)20(19)25-14(4)22/h8-11H,5-7,12H2,1-4H3. The Balaban J connectivity index is 2.76. The Bertz CT molecular complexity index is 779. The molecule has 2 aromatic carbocycles. The minimum Gasteiger partial charge on any atom is -0.489 e. The van der Waals surface area contributed by atoms with Crippen molar-refractivity contribution in [2.24, 2.45) is 0 Å². The Morgan fingerprint density at radius 3 is 1.96 bits per heavy atom. The van der Waals surface area contributed by atoms with Gasteiger partial charge in [-0.25, -0.2) is 0 Å². The topological polar surface area (TPSA) is 61.8 Å². The molecule has 0 aliphatic carbocycles. The first-order valence-electron chi connectivity index (χ1n) is 8.56. The molecule has 2 rings (SSSR count). The summed E-state index contributed by atoms with van der Waals surface area (Å²) in [7, 11) is 0. The fraction of sp³-hybridized carbons (Fsp3) is 0.400. The predicted octanol–water partition coefficient (Wildman–Crippen LogP) is 4.43. The van der Waals surface area contributed by atoms with E-state index in [0.29, 0.717) is 41.0 Å². The van der Waals surface area contributed by atoms with Gasteiger partial charge >= 0.3 is 11.9 Å². The molecule has 0 saturated heterocycles. The third kappa shape index (κ3) is 4.29. The van der Waals surface area contributed by atoms with Crippen molar-refractivity contribution < 1.29 is 23.8 Å². The van der Waals surface area contributed by atoms with Crippen molar-refractivity contribution in [2.75, 3.05) is 6.61 Å². The number of unbranched alkanes of at least 4 members (excludes halogenated alkanes) is 1. The zero-order valence-electron chi connectivity index (χ0n) is 15.2. The lowest BCUT2D eigenvalue weighted by Crippen LogP contribution is -2.11. The smallest absolute Gasteiger partial charge is 0.308 e. The van der Waals surface area contributed by atoms with Crippen LogP contribution in [0.1, 0.15) is 46.1 Å². The summed E-state index contributed by atoms with van der Waals surface area (Å²) < 4.78 is 16.9. The molecule has 0 atom stereocenters. The third-order valence-electron chi connectivity index (χ3n) is 3.76. The molecule has 0 unspecified atom stereocenters. The molecule has 0 aliphatic rings. The normalized spacial score (nSPS) is 10.6. The zero-order chi connectivity index (χ0) is 18.4. The minimum atomic E-state index is -0.423. The summed E-state index contributed by atoms with van der Waals surface area (Å²) in [6.07, 6.45) is 2.43. The van der Waals surface area contributed by atoms with Crippen LogP contribution in [0.3, 0.4) is 0 Å². The van der Waals surface area contributed by atoms with E-state index in [9.17, 15) is 9.59 Å². The Labute approximate surface area is 147 Å². The number of fused-ring (bicyclic) bond motifs is 1. The van der Waals surface area contributed by atoms with Crippen LogP contribution >= 0.6 is 0 Å². The van der Waals surface area contributed by atoms with E-state index < -0.39 is 11.9 Å². The summed E-state index contributed by atoms with van der Waals surface area (Å²) in [4.78, 5) is 23.2. The highest BCUT2D eigenvalue weighted by molar-refractivity contribution is 5.99. The molecule has 2 aromatic rings. The number of ether oxygens (including phenoxy) is 3. The van der Waals surface area contributed by atoms with Gasteiger partial charge in [0.1, 0.15) is 5.75 Å². The summed E-state index contributed by atoms with van der Waals surface area (Å²) in [5.41, 5.74) is 0.723. The van der Waals surface area contributed by atoms with Gasteiger partial charge in [-0.3, -0.25) is 9.59 Å². The van der Waals surface area contributed by atoms with Crippen LogP contribution in [-0.2, 0) is 16.0 Å². The molecular weight excluding hydrogens is 320 g/mol. The average molecular weight is 344 g/mol. The van der Waals surface area contributed by atoms with Crippen molar-refractivity contribution in [3.05, 3.63) is 29.8 Å². The number of carbonyl (C=O) groups excluding carboxylic acids is 2. The molecule has 0 saturated carbocycles. The average Bonchev–Trinajstić information content (AvgIpc) is 2.57. The van der Waals surface area contributed by atoms with Crippen LogP contribution < -0.4 is 14.2 Å². The minimum absolute atomic E-state index is 0.381. The Morgan fingerprint density at radius 2 is 1.44 bits per heavy atom. The highest BCUT2D eigenvalue weighted by Gasteiger charge is 2.23. The summed E-state index contributed by atoms with van der Waals surface area (Å²) in [5, 5.41) is 1.39. The summed E-state index contributed by atoms with van der Waals surface area (Å²) >= 11 is 0. The zero-order valence-corrected chi connectivity index (χ0v) is 15.2. The maximum atomic E-state index is 11.6. The molecule has 5 heteroatoms. The van der Waals surface area contributed by atoms with E-state index in [0.717, 1.165) is 18.4 Å². The van der Waals surface area contributed by atoms with E-state index in [1.165, 1.54) is 13.8 Å². The van der Waals surface area contributed by atoms with Gasteiger partial charge < -0.3 is 14.2 Å². The Hall–Kier alpha value is -2.56. The second-order valence-electron chi connectivity index (χ2n) is 5.75. The Morgan fingerprint density at radius 1 is 0.880 bits per heavy atom. The monoisotopic (exact) mass is 344 g/mol. The van der Waals surface area contributed by atoms with Gasteiger partial charge in [-0.05, 0) is 12.8 Å². The molecule has 0 aromatic heterocycles. The molecule has 0 spiro atoms. The second kappa shape index (κ2) is 8.51. The molecule has 25 heavy (non-hydrogen) atoms. The first kappa shape index (κ1) is 18.8. The van der Waals surface area contributed by atoms with E-state index in [4.69, 9.17) is 14.2 Å². The van der Waals surface area contributed by atoms with Crippen LogP contribution in [0.2, 0.25) is 0 Å². The van der Waals surface area contributed by atoms with Gasteiger partial charge in [-0.2, -0.15) is 0 Å². The number of hydrogen-bond donors (Lipinski definition) is 0. The fourth-order valence-corrected chi connectivity index (χ4v) is 2.70. The fourth-order valence-electron chi connectivity index (χ4n) is 2.70. The number of rotatable bonds is 7. The van der Waals surface area contributed by atoms with Crippen LogP contribution in [0.15, 0.2) is 24.3 Å². The van der Waals surface area contributed by atoms with Gasteiger partial charge in [0.15, 0.2) is 11.5 Å². The summed E-state index contributed by atoms with van der Waals surface area (Å²) in [6, 6.07) is 7.36. The highest BCUT2D eigenvalue weighted by Crippen LogP contribution is 2.46. The maximum Gasteiger partial charge on any atom is 0.308 e. The van der Waals surface area contributed by atoms with Crippen molar-refractivity contribution >= 4 is 22.7 Å². The molecule has 0 heterocycles. The maximum absolute atomic E-state index is 11.6. The quantitative estimate of drug-likeness (QED) is 0.422. The molecular formula is C20H24O5. The first-order valence-corrected chi connectivity index (χ1v) is 8.56. The largest absolute Gasteiger partial charge is 0.489 e. The highest BCUT2D eigenvalue weighted by atomic mass is 16.6. The van der Waals surface area contributed by atoms with Gasteiger partial charge in [-0.1, -0.05) is 44.5 Å². The van der Waals surface area contributed by atoms with E-state index in [1.54, 1.807) is 0 Å². The summed E-state index contributed by atoms with van der Waals surface area (Å²) in [6.45, 7) is 7.24. The third-order valence-corrected chi connectivity index (χ3v) is 3.76. The van der Waals surface area contributed by atoms with E-state index in [-0.39, 0.29) is 0 Å². The lowest BCUT2D eigenvalue weighted by atomic mass is 10.0. The predicted molar refractivity (Wildman–Crippen MR) is 96.3 cm³/mol. The number of benzene rings is 2. The molecule has 5 nitrogen and oxygen atoms in total. The van der Waals surface area contributed by atoms with E-state index in [2.05, 4.69) is 6.92 Å². The van der Waals surface area contributed by atoms with E-state index in [1.807, 2.05) is 31.2 Å². The molecule has 0 N–H and O–H groups in total. The first-order chi connectivity index (χ1) is 12.0. The molecule has 0 amide bonds. The van der Waals surface area contributed by atoms with Crippen LogP contribution in [-0.4, -0.2) is 18.5 Å². The van der Waals surface area contributed by atoms with Crippen LogP contribution in [0.5, 0.6) is 17.2 Å². The molecule has 0 radical (unpaired) electrons. The Kier molecular flexibility index (Phi) is 6.39. The SMILES string of the molecule is CCCCOc1c(CC)c(OC(C)=O)c2ccccc2c1OC(C)=O. The van der Waals surface area contributed by atoms with Gasteiger partial charge in [0.05, 0.1) is 6.61 Å². The molecule has 0 fully saturated rings. The van der Waals surface area contributed by atoms with Crippen LogP contribution in [0.4, 0.5) is 0 Å². The van der Waals surface area contributed by atoms with Crippen molar-refractivity contribution in [3.8, 4) is 17.2 Å². The molecule has 0 bridgehead atoms. The number of carbonyl (C=O) groups is 2. The van der Waals surface area contributed by atoms with Gasteiger partial charge in [-0.15, -0.1) is 0 Å². The lowest BCUT2D eigenvalue weighted by molar-refractivity contribution is -0.133. The lowest BCUT2D eigenvalue weighted by Gasteiger charge is -2.20. The van der Waals surface area contributed by atoms with Gasteiger partial charge in [0.25, 0.3) is 0 Å². The summed E-state index contributed by atoms with van der Waals surface area (Å²) in [5.74, 6) is 0.494. The van der Waals surface area contributed by atoms with Gasteiger partial charge in [0.2, 0.25) is 0 Å².